The molecule has 21 heavy (non-hydrogen) atoms. The molecule has 0 atom stereocenters. The highest BCUT2D eigenvalue weighted by Gasteiger charge is 2.11. The molecule has 0 aliphatic carbocycles. The average molecular weight is 300 g/mol. The molecule has 0 fully saturated rings. The Morgan fingerprint density at radius 1 is 1.29 bits per heavy atom. The van der Waals surface area contributed by atoms with Crippen LogP contribution < -0.4 is 5.43 Å². The Morgan fingerprint density at radius 3 is 2.95 bits per heavy atom. The molecular weight excluding hydrogens is 287 g/mol. The molecule has 1 N–H and O–H groups in total. The highest BCUT2D eigenvalue weighted by atomic mass is 32.1. The van der Waals surface area contributed by atoms with Crippen LogP contribution in [-0.4, -0.2) is 16.2 Å². The summed E-state index contributed by atoms with van der Waals surface area (Å²) < 4.78 is 13.1. The molecule has 106 valence electrons. The van der Waals surface area contributed by atoms with Crippen LogP contribution in [0.5, 0.6) is 0 Å². The van der Waals surface area contributed by atoms with Crippen molar-refractivity contribution in [2.24, 2.45) is 5.10 Å². The Labute approximate surface area is 125 Å². The van der Waals surface area contributed by atoms with E-state index < -0.39 is 0 Å². The first-order chi connectivity index (χ1) is 10.1. The first kappa shape index (κ1) is 13.6. The van der Waals surface area contributed by atoms with Gasteiger partial charge in [0.25, 0.3) is 0 Å². The molecule has 0 bridgehead atoms. The molecule has 3 aromatic rings. The number of hydrogen-bond acceptors (Lipinski definition) is 5. The number of hydrazone groups is 1. The molecule has 0 unspecified atom stereocenters. The fraction of sp³-hybridized carbons (Fsp3) is 0.133. The van der Waals surface area contributed by atoms with Gasteiger partial charge in [-0.1, -0.05) is 12.1 Å². The molecule has 0 aliphatic rings. The van der Waals surface area contributed by atoms with Crippen molar-refractivity contribution in [3.8, 4) is 0 Å². The van der Waals surface area contributed by atoms with Gasteiger partial charge in [-0.05, 0) is 37.1 Å². The second kappa shape index (κ2) is 5.57. The second-order valence-corrected chi connectivity index (χ2v) is 5.81. The number of rotatable bonds is 3. The number of halogens is 1. The molecular formula is C15H13FN4S. The molecule has 3 rings (SSSR count). The van der Waals surface area contributed by atoms with Gasteiger partial charge in [0.05, 0.1) is 11.6 Å². The van der Waals surface area contributed by atoms with Crippen molar-refractivity contribution < 1.29 is 4.39 Å². The fourth-order valence-electron chi connectivity index (χ4n) is 2.02. The number of anilines is 1. The highest BCUT2D eigenvalue weighted by molar-refractivity contribution is 7.18. The van der Waals surface area contributed by atoms with Crippen molar-refractivity contribution in [3.63, 3.8) is 0 Å². The van der Waals surface area contributed by atoms with Crippen molar-refractivity contribution in [1.82, 2.24) is 9.97 Å². The van der Waals surface area contributed by atoms with Gasteiger partial charge in [-0.15, -0.1) is 11.3 Å². The predicted octanol–water partition coefficient (Wildman–Crippen LogP) is 3.89. The maximum atomic E-state index is 13.1. The van der Waals surface area contributed by atoms with Crippen LogP contribution in [0.3, 0.4) is 0 Å². The van der Waals surface area contributed by atoms with E-state index in [0.29, 0.717) is 11.4 Å². The van der Waals surface area contributed by atoms with Crippen LogP contribution in [0.1, 0.15) is 16.0 Å². The quantitative estimate of drug-likeness (QED) is 0.589. The van der Waals surface area contributed by atoms with Crippen LogP contribution in [0, 0.1) is 19.7 Å². The molecule has 0 radical (unpaired) electrons. The van der Waals surface area contributed by atoms with Crippen molar-refractivity contribution in [2.75, 3.05) is 5.43 Å². The van der Waals surface area contributed by atoms with E-state index in [9.17, 15) is 4.39 Å². The van der Waals surface area contributed by atoms with Gasteiger partial charge in [0.15, 0.2) is 5.82 Å². The Bertz CT molecular complexity index is 826. The smallest absolute Gasteiger partial charge is 0.158 e. The van der Waals surface area contributed by atoms with E-state index in [4.69, 9.17) is 0 Å². The van der Waals surface area contributed by atoms with Gasteiger partial charge in [-0.3, -0.25) is 5.43 Å². The topological polar surface area (TPSA) is 50.2 Å². The summed E-state index contributed by atoms with van der Waals surface area (Å²) >= 11 is 1.63. The van der Waals surface area contributed by atoms with Crippen molar-refractivity contribution >= 4 is 33.6 Å². The standard InChI is InChI=1S/C15H13FN4S/c1-9-10(2)21-15-13(9)14(17-8-18-15)20-19-7-11-4-3-5-12(16)6-11/h3-8H,1-2H3,(H,17,18,20). The van der Waals surface area contributed by atoms with Gasteiger partial charge in [-0.2, -0.15) is 5.10 Å². The van der Waals surface area contributed by atoms with Gasteiger partial charge in [0.1, 0.15) is 17.0 Å². The van der Waals surface area contributed by atoms with Gasteiger partial charge in [-0.25, -0.2) is 14.4 Å². The predicted molar refractivity (Wildman–Crippen MR) is 84.5 cm³/mol. The Balaban J connectivity index is 1.89. The number of nitrogens with one attached hydrogen (secondary N) is 1. The summed E-state index contributed by atoms with van der Waals surface area (Å²) in [6.45, 7) is 4.10. The molecule has 1 aromatic carbocycles. The molecule has 6 heteroatoms. The summed E-state index contributed by atoms with van der Waals surface area (Å²) in [5, 5.41) is 5.11. The number of benzene rings is 1. The molecule has 0 amide bonds. The number of thiophene rings is 1. The first-order valence-corrected chi connectivity index (χ1v) is 7.22. The molecule has 0 saturated heterocycles. The number of fused-ring (bicyclic) bond motifs is 1. The molecule has 0 spiro atoms. The van der Waals surface area contributed by atoms with Gasteiger partial charge in [0, 0.05) is 4.88 Å². The van der Waals surface area contributed by atoms with Crippen molar-refractivity contribution in [1.29, 1.82) is 0 Å². The number of aromatic nitrogens is 2. The van der Waals surface area contributed by atoms with E-state index in [-0.39, 0.29) is 5.82 Å². The second-order valence-electron chi connectivity index (χ2n) is 4.61. The Hall–Kier alpha value is -2.34. The summed E-state index contributed by atoms with van der Waals surface area (Å²) in [5.74, 6) is 0.377. The Kier molecular flexibility index (Phi) is 3.62. The van der Waals surface area contributed by atoms with E-state index >= 15 is 0 Å². The zero-order valence-electron chi connectivity index (χ0n) is 11.6. The van der Waals surface area contributed by atoms with Crippen molar-refractivity contribution in [2.45, 2.75) is 13.8 Å². The molecule has 0 aliphatic heterocycles. The first-order valence-electron chi connectivity index (χ1n) is 6.40. The normalized spacial score (nSPS) is 11.4. The third-order valence-corrected chi connectivity index (χ3v) is 4.31. The molecule has 4 nitrogen and oxygen atoms in total. The van der Waals surface area contributed by atoms with Crippen molar-refractivity contribution in [3.05, 3.63) is 52.4 Å². The lowest BCUT2D eigenvalue weighted by molar-refractivity contribution is 0.627. The van der Waals surface area contributed by atoms with Crippen LogP contribution >= 0.6 is 11.3 Å². The van der Waals surface area contributed by atoms with E-state index in [1.807, 2.05) is 6.92 Å². The number of hydrogen-bond donors (Lipinski definition) is 1. The summed E-state index contributed by atoms with van der Waals surface area (Å²) in [6, 6.07) is 6.24. The summed E-state index contributed by atoms with van der Waals surface area (Å²) in [5.41, 5.74) is 4.75. The van der Waals surface area contributed by atoms with Gasteiger partial charge >= 0.3 is 0 Å². The minimum Gasteiger partial charge on any atom is -0.261 e. The zero-order chi connectivity index (χ0) is 14.8. The Morgan fingerprint density at radius 2 is 2.14 bits per heavy atom. The SMILES string of the molecule is Cc1sc2ncnc(NN=Cc3cccc(F)c3)c2c1C. The highest BCUT2D eigenvalue weighted by Crippen LogP contribution is 2.32. The van der Waals surface area contributed by atoms with E-state index in [1.165, 1.54) is 23.3 Å². The third kappa shape index (κ3) is 2.75. The largest absolute Gasteiger partial charge is 0.261 e. The van der Waals surface area contributed by atoms with Crippen LogP contribution in [0.15, 0.2) is 35.7 Å². The molecule has 2 heterocycles. The maximum Gasteiger partial charge on any atom is 0.158 e. The van der Waals surface area contributed by atoms with Crippen LogP contribution in [0.4, 0.5) is 10.2 Å². The summed E-state index contributed by atoms with van der Waals surface area (Å²) in [6.07, 6.45) is 3.07. The zero-order valence-corrected chi connectivity index (χ0v) is 12.4. The van der Waals surface area contributed by atoms with E-state index in [1.54, 1.807) is 29.7 Å². The van der Waals surface area contributed by atoms with Gasteiger partial charge in [0.2, 0.25) is 0 Å². The maximum absolute atomic E-state index is 13.1. The lowest BCUT2D eigenvalue weighted by Gasteiger charge is -2.01. The van der Waals surface area contributed by atoms with E-state index in [2.05, 4.69) is 27.4 Å². The lowest BCUT2D eigenvalue weighted by atomic mass is 10.2. The third-order valence-electron chi connectivity index (χ3n) is 3.20. The van der Waals surface area contributed by atoms with Crippen LogP contribution in [0.2, 0.25) is 0 Å². The summed E-state index contributed by atoms with van der Waals surface area (Å²) in [7, 11) is 0. The van der Waals surface area contributed by atoms with Crippen LogP contribution in [0.25, 0.3) is 10.2 Å². The van der Waals surface area contributed by atoms with E-state index in [0.717, 1.165) is 15.8 Å². The average Bonchev–Trinajstić information content (AvgIpc) is 2.75. The lowest BCUT2D eigenvalue weighted by Crippen LogP contribution is -1.95. The number of aryl methyl sites for hydroxylation is 2. The van der Waals surface area contributed by atoms with Crippen LogP contribution in [-0.2, 0) is 0 Å². The number of nitrogens with zero attached hydrogens (tertiary/aromatic N) is 3. The minimum atomic E-state index is -0.285. The monoisotopic (exact) mass is 300 g/mol. The molecule has 0 saturated carbocycles. The minimum absolute atomic E-state index is 0.285. The van der Waals surface area contributed by atoms with Gasteiger partial charge < -0.3 is 0 Å². The molecule has 2 aromatic heterocycles. The summed E-state index contributed by atoms with van der Waals surface area (Å²) in [4.78, 5) is 10.6. The fourth-order valence-corrected chi connectivity index (χ4v) is 3.02.